The molecular weight excluding hydrogens is 912 g/mol. The van der Waals surface area contributed by atoms with Crippen LogP contribution in [0.15, 0.2) is 97.6 Å². The number of halogens is 8. The van der Waals surface area contributed by atoms with Gasteiger partial charge in [0.15, 0.2) is 0 Å². The van der Waals surface area contributed by atoms with Crippen molar-refractivity contribution in [3.63, 3.8) is 0 Å². The van der Waals surface area contributed by atoms with Crippen molar-refractivity contribution in [3.8, 4) is 45.6 Å². The van der Waals surface area contributed by atoms with Crippen molar-refractivity contribution in [2.24, 2.45) is 0 Å². The number of hydrogen-bond acceptors (Lipinski definition) is 14. The minimum Gasteiger partial charge on any atom is -0.255 e. The molecule has 0 unspecified atom stereocenters. The smallest absolute Gasteiger partial charge is 0.255 e. The Balaban J connectivity index is 0.000000289. The first kappa shape index (κ1) is 46.6. The fourth-order valence-corrected chi connectivity index (χ4v) is 4.75. The average molecular weight is 928 g/mol. The van der Waals surface area contributed by atoms with E-state index in [9.17, 15) is 0 Å². The summed E-state index contributed by atoms with van der Waals surface area (Å²) in [5.41, 5.74) is 5.09. The van der Waals surface area contributed by atoms with Crippen LogP contribution in [0.2, 0.25) is 30.1 Å². The minimum absolute atomic E-state index is 0. The fourth-order valence-electron chi connectivity index (χ4n) is 3.70. The molecule has 0 aliphatic rings. The second-order valence-electron chi connectivity index (χ2n) is 9.30. The van der Waals surface area contributed by atoms with Crippen LogP contribution >= 0.6 is 69.6 Å². The van der Waals surface area contributed by atoms with Gasteiger partial charge < -0.3 is 0 Å². The summed E-state index contributed by atoms with van der Waals surface area (Å²) >= 11 is 36.3. The van der Waals surface area contributed by atoms with Crippen molar-refractivity contribution in [2.75, 3.05) is 0 Å². The Morgan fingerprint density at radius 1 is 0.321 bits per heavy atom. The summed E-state index contributed by atoms with van der Waals surface area (Å²) in [6, 6.07) is 20.7. The van der Waals surface area contributed by atoms with Crippen LogP contribution in [0.25, 0.3) is 45.6 Å². The summed E-state index contributed by atoms with van der Waals surface area (Å²) in [6.45, 7) is 0. The average Bonchev–Trinajstić information content (AvgIpc) is 3.03. The Bertz CT molecular complexity index is 1830. The molecular formula is C30H16Cl8FeN6O8. The SMILES string of the molecule is Clc1ccnc(-c2cc(Cl)cc(-c3cc(Cl)ccn3)n2)c1.Clc1ccnc(-c2cc(Cl)cc(-c3cc(Cl)ccn3)n2)c1.[Fe+2].[O-][Cl+3]([O-])([O-])[O-].[O-][Cl+3]([O-])([O-])[O-]. The molecule has 278 valence electrons. The third kappa shape index (κ3) is 18.5. The molecule has 0 atom stereocenters. The van der Waals surface area contributed by atoms with E-state index in [0.717, 1.165) is 0 Å². The molecule has 6 aromatic rings. The van der Waals surface area contributed by atoms with Crippen molar-refractivity contribution in [1.82, 2.24) is 29.9 Å². The van der Waals surface area contributed by atoms with Gasteiger partial charge in [-0.3, -0.25) is 19.9 Å². The number of pyridine rings is 6. The maximum Gasteiger partial charge on any atom is 2.00 e. The Kier molecular flexibility index (Phi) is 18.9. The molecule has 53 heavy (non-hydrogen) atoms. The molecule has 14 nitrogen and oxygen atoms in total. The quantitative estimate of drug-likeness (QED) is 0.222. The van der Waals surface area contributed by atoms with Crippen LogP contribution in [0.4, 0.5) is 0 Å². The molecule has 0 bridgehead atoms. The van der Waals surface area contributed by atoms with E-state index in [4.69, 9.17) is 107 Å². The van der Waals surface area contributed by atoms with Crippen molar-refractivity contribution in [2.45, 2.75) is 0 Å². The van der Waals surface area contributed by atoms with Gasteiger partial charge in [-0.1, -0.05) is 69.6 Å². The summed E-state index contributed by atoms with van der Waals surface area (Å²) in [6.07, 6.45) is 6.49. The molecule has 6 heterocycles. The molecule has 0 amide bonds. The third-order valence-corrected chi connectivity index (χ3v) is 6.89. The first-order chi connectivity index (χ1) is 24.2. The Morgan fingerprint density at radius 2 is 0.491 bits per heavy atom. The molecule has 0 saturated heterocycles. The van der Waals surface area contributed by atoms with Gasteiger partial charge in [0.25, 0.3) is 0 Å². The topological polar surface area (TPSA) is 262 Å². The van der Waals surface area contributed by atoms with E-state index in [1.165, 1.54) is 0 Å². The summed E-state index contributed by atoms with van der Waals surface area (Å²) in [4.78, 5) is 26.1. The molecule has 0 aliphatic carbocycles. The first-order valence-corrected chi connectivity index (χ1v) is 18.0. The van der Waals surface area contributed by atoms with Crippen LogP contribution in [0.5, 0.6) is 0 Å². The van der Waals surface area contributed by atoms with E-state index < -0.39 is 20.5 Å². The fraction of sp³-hybridized carbons (Fsp3) is 0. The zero-order chi connectivity index (χ0) is 38.6. The zero-order valence-corrected chi connectivity index (χ0v) is 32.7. The van der Waals surface area contributed by atoms with Crippen molar-refractivity contribution >= 4 is 69.6 Å². The number of nitrogens with zero attached hydrogens (tertiary/aromatic N) is 6. The maximum atomic E-state index is 8.49. The molecule has 0 N–H and O–H groups in total. The van der Waals surface area contributed by atoms with E-state index in [0.29, 0.717) is 75.7 Å². The maximum absolute atomic E-state index is 8.49. The van der Waals surface area contributed by atoms with Crippen molar-refractivity contribution < 1.29 is 74.8 Å². The van der Waals surface area contributed by atoms with E-state index >= 15 is 0 Å². The van der Waals surface area contributed by atoms with Crippen LogP contribution in [-0.2, 0) is 17.1 Å². The van der Waals surface area contributed by atoms with Gasteiger partial charge in [-0.25, -0.2) is 47.2 Å². The molecule has 0 aromatic carbocycles. The van der Waals surface area contributed by atoms with Gasteiger partial charge in [0.1, 0.15) is 0 Å². The van der Waals surface area contributed by atoms with E-state index in [2.05, 4.69) is 29.9 Å². The Morgan fingerprint density at radius 3 is 0.660 bits per heavy atom. The van der Waals surface area contributed by atoms with Crippen LogP contribution in [0.1, 0.15) is 0 Å². The molecule has 0 fully saturated rings. The number of rotatable bonds is 4. The predicted octanol–water partition coefficient (Wildman–Crippen LogP) is 0.817. The normalized spacial score (nSPS) is 10.7. The number of aromatic nitrogens is 6. The van der Waals surface area contributed by atoms with Gasteiger partial charge in [-0.2, -0.15) is 0 Å². The van der Waals surface area contributed by atoms with Gasteiger partial charge in [0.05, 0.1) is 45.6 Å². The molecule has 0 saturated carbocycles. The molecule has 0 spiro atoms. The molecule has 6 aromatic heterocycles. The third-order valence-electron chi connectivity index (χ3n) is 5.52. The van der Waals surface area contributed by atoms with Gasteiger partial charge in [0.2, 0.25) is 0 Å². The van der Waals surface area contributed by atoms with E-state index in [1.807, 2.05) is 0 Å². The van der Waals surface area contributed by atoms with Crippen LogP contribution in [0.3, 0.4) is 0 Å². The number of hydrogen-bond donors (Lipinski definition) is 0. The standard InChI is InChI=1S/2C15H8Cl3N3.2ClHO4.Fe/c2*16-9-1-3-19-12(5-9)14-7-11(18)8-15(21-14)13-6-10(17)2-4-20-13;2*2-1(3,4)5;/h2*1-8H;2*(H,2,3,4,5);/q;;;;+2/p-2. The first-order valence-electron chi connectivity index (χ1n) is 13.3. The molecule has 23 heteroatoms. The zero-order valence-electron chi connectivity index (χ0n) is 25.6. The molecule has 0 aliphatic heterocycles. The second-order valence-corrected chi connectivity index (χ2v) is 13.4. The van der Waals surface area contributed by atoms with Gasteiger partial charge in [0, 0.05) is 54.9 Å². The van der Waals surface area contributed by atoms with Gasteiger partial charge >= 0.3 is 17.1 Å². The second kappa shape index (κ2) is 21.5. The van der Waals surface area contributed by atoms with Crippen LogP contribution < -0.4 is 37.3 Å². The monoisotopic (exact) mass is 924 g/mol. The Labute approximate surface area is 345 Å². The van der Waals surface area contributed by atoms with E-state index in [1.54, 1.807) is 97.6 Å². The summed E-state index contributed by atoms with van der Waals surface area (Å²) in [5.74, 6) is 0. The molecule has 0 radical (unpaired) electrons. The molecule has 6 rings (SSSR count). The van der Waals surface area contributed by atoms with Crippen molar-refractivity contribution in [1.29, 1.82) is 0 Å². The minimum atomic E-state index is -4.94. The van der Waals surface area contributed by atoms with Gasteiger partial charge in [-0.05, 0) is 72.8 Å². The van der Waals surface area contributed by atoms with Crippen LogP contribution in [-0.4, -0.2) is 29.9 Å². The van der Waals surface area contributed by atoms with E-state index in [-0.39, 0.29) is 17.1 Å². The largest absolute Gasteiger partial charge is 2.00 e. The predicted molar refractivity (Wildman–Crippen MR) is 171 cm³/mol. The summed E-state index contributed by atoms with van der Waals surface area (Å²) in [5, 5.41) is 3.43. The van der Waals surface area contributed by atoms with Crippen LogP contribution in [0, 0.1) is 20.5 Å². The summed E-state index contributed by atoms with van der Waals surface area (Å²) in [7, 11) is -9.89. The van der Waals surface area contributed by atoms with Gasteiger partial charge in [-0.15, -0.1) is 20.5 Å². The van der Waals surface area contributed by atoms with Crippen molar-refractivity contribution in [3.05, 3.63) is 128 Å². The Hall–Kier alpha value is -2.58. The summed E-state index contributed by atoms with van der Waals surface area (Å²) < 4.78 is 67.9.